The van der Waals surface area contributed by atoms with Gasteiger partial charge < -0.3 is 5.32 Å². The highest BCUT2D eigenvalue weighted by atomic mass is 32.2. The van der Waals surface area contributed by atoms with Crippen LogP contribution in [0.1, 0.15) is 35.6 Å². The van der Waals surface area contributed by atoms with Crippen LogP contribution in [-0.4, -0.2) is 41.5 Å². The lowest BCUT2D eigenvalue weighted by atomic mass is 9.95. The van der Waals surface area contributed by atoms with Gasteiger partial charge in [0.2, 0.25) is 10.0 Å². The van der Waals surface area contributed by atoms with Gasteiger partial charge in [-0.2, -0.15) is 0 Å². The maximum absolute atomic E-state index is 12.9. The molecule has 1 fully saturated rings. The summed E-state index contributed by atoms with van der Waals surface area (Å²) in [5, 5.41) is 3.29. The van der Waals surface area contributed by atoms with Gasteiger partial charge in [0.1, 0.15) is 5.82 Å². The Labute approximate surface area is 184 Å². The first-order valence-corrected chi connectivity index (χ1v) is 12.3. The molecule has 0 bridgehead atoms. The lowest BCUT2D eigenvalue weighted by Crippen LogP contribution is -2.40. The minimum Gasteiger partial charge on any atom is -0.339 e. The molecule has 1 aromatic carbocycles. The highest BCUT2D eigenvalue weighted by Gasteiger charge is 2.30. The first kappa shape index (κ1) is 21.5. The fraction of sp³-hybridized carbons (Fsp3) is 0.333. The van der Waals surface area contributed by atoms with Gasteiger partial charge in [-0.3, -0.25) is 4.98 Å². The number of aryl methyl sites for hydroxylation is 2. The standard InChI is InChI=1S/C24H28N4O2S/c1-19-7-5-14-25-24(19)27-22-11-12-23(26-17-22)21-10-6-15-28(18-21)31(29,30)16-13-20-8-3-2-4-9-20/h2-5,7-9,11-12,14,17,21H,6,10,13,15-16,18H2,1H3,(H,25,27). The number of nitrogens with one attached hydrogen (secondary N) is 1. The molecule has 0 amide bonds. The summed E-state index contributed by atoms with van der Waals surface area (Å²) in [6.07, 6.45) is 5.89. The molecule has 4 rings (SSSR count). The normalized spacial score (nSPS) is 17.4. The second kappa shape index (κ2) is 9.58. The van der Waals surface area contributed by atoms with Crippen molar-refractivity contribution in [3.63, 3.8) is 0 Å². The zero-order chi connectivity index (χ0) is 21.7. The number of hydrogen-bond donors (Lipinski definition) is 1. The number of hydrogen-bond acceptors (Lipinski definition) is 5. The van der Waals surface area contributed by atoms with Gasteiger partial charge in [0.25, 0.3) is 0 Å². The van der Waals surface area contributed by atoms with Crippen LogP contribution in [0.15, 0.2) is 67.0 Å². The molecule has 3 aromatic rings. The number of benzene rings is 1. The number of piperidine rings is 1. The van der Waals surface area contributed by atoms with E-state index in [1.165, 1.54) is 0 Å². The predicted molar refractivity (Wildman–Crippen MR) is 124 cm³/mol. The van der Waals surface area contributed by atoms with Crippen molar-refractivity contribution in [2.24, 2.45) is 0 Å². The average molecular weight is 437 g/mol. The maximum atomic E-state index is 12.9. The molecule has 1 N–H and O–H groups in total. The van der Waals surface area contributed by atoms with E-state index >= 15 is 0 Å². The van der Waals surface area contributed by atoms with E-state index < -0.39 is 10.0 Å². The molecule has 1 atom stereocenters. The Morgan fingerprint density at radius 3 is 2.65 bits per heavy atom. The Balaban J connectivity index is 1.39. The van der Waals surface area contributed by atoms with Gasteiger partial charge in [-0.1, -0.05) is 36.4 Å². The molecule has 3 heterocycles. The molecular formula is C24H28N4O2S. The summed E-state index contributed by atoms with van der Waals surface area (Å²) in [7, 11) is -3.29. The molecule has 162 valence electrons. The van der Waals surface area contributed by atoms with E-state index in [4.69, 9.17) is 0 Å². The number of aromatic nitrogens is 2. The zero-order valence-corrected chi connectivity index (χ0v) is 18.6. The van der Waals surface area contributed by atoms with Gasteiger partial charge in [0.15, 0.2) is 0 Å². The van der Waals surface area contributed by atoms with Crippen LogP contribution >= 0.6 is 0 Å². The maximum Gasteiger partial charge on any atom is 0.214 e. The van der Waals surface area contributed by atoms with Crippen molar-refractivity contribution >= 4 is 21.5 Å². The number of rotatable bonds is 7. The summed E-state index contributed by atoms with van der Waals surface area (Å²) in [6.45, 7) is 3.09. The van der Waals surface area contributed by atoms with Crippen LogP contribution in [0.3, 0.4) is 0 Å². The third-order valence-electron chi connectivity index (χ3n) is 5.75. The van der Waals surface area contributed by atoms with Gasteiger partial charge in [-0.15, -0.1) is 0 Å². The molecular weight excluding hydrogens is 408 g/mol. The van der Waals surface area contributed by atoms with Crippen LogP contribution in [0, 0.1) is 6.92 Å². The summed E-state index contributed by atoms with van der Waals surface area (Å²) in [5.41, 5.74) is 3.92. The summed E-state index contributed by atoms with van der Waals surface area (Å²) >= 11 is 0. The van der Waals surface area contributed by atoms with E-state index in [-0.39, 0.29) is 11.7 Å². The fourth-order valence-corrected chi connectivity index (χ4v) is 5.50. The zero-order valence-electron chi connectivity index (χ0n) is 17.7. The molecule has 1 unspecified atom stereocenters. The van der Waals surface area contributed by atoms with Gasteiger partial charge in [-0.25, -0.2) is 17.7 Å². The Morgan fingerprint density at radius 1 is 1.06 bits per heavy atom. The molecule has 0 radical (unpaired) electrons. The monoisotopic (exact) mass is 436 g/mol. The quantitative estimate of drug-likeness (QED) is 0.598. The van der Waals surface area contributed by atoms with Gasteiger partial charge in [0.05, 0.1) is 17.6 Å². The summed E-state index contributed by atoms with van der Waals surface area (Å²) in [4.78, 5) is 8.98. The van der Waals surface area contributed by atoms with Crippen LogP contribution in [0.5, 0.6) is 0 Å². The van der Waals surface area contributed by atoms with E-state index in [2.05, 4.69) is 15.3 Å². The third kappa shape index (κ3) is 5.48. The van der Waals surface area contributed by atoms with Crippen molar-refractivity contribution in [3.05, 3.63) is 83.8 Å². The van der Waals surface area contributed by atoms with Crippen molar-refractivity contribution < 1.29 is 8.42 Å². The van der Waals surface area contributed by atoms with Gasteiger partial charge >= 0.3 is 0 Å². The van der Waals surface area contributed by atoms with Crippen LogP contribution in [-0.2, 0) is 16.4 Å². The second-order valence-electron chi connectivity index (χ2n) is 8.01. The smallest absolute Gasteiger partial charge is 0.214 e. The number of nitrogens with zero attached hydrogens (tertiary/aromatic N) is 3. The van der Waals surface area contributed by atoms with Crippen molar-refractivity contribution in [1.82, 2.24) is 14.3 Å². The van der Waals surface area contributed by atoms with Crippen LogP contribution in [0.25, 0.3) is 0 Å². The molecule has 1 aliphatic rings. The summed E-state index contributed by atoms with van der Waals surface area (Å²) < 4.78 is 27.5. The minimum absolute atomic E-state index is 0.117. The van der Waals surface area contributed by atoms with E-state index in [0.29, 0.717) is 19.5 Å². The van der Waals surface area contributed by atoms with E-state index in [9.17, 15) is 8.42 Å². The minimum atomic E-state index is -3.29. The molecule has 31 heavy (non-hydrogen) atoms. The van der Waals surface area contributed by atoms with Crippen LogP contribution in [0.4, 0.5) is 11.5 Å². The molecule has 6 nitrogen and oxygen atoms in total. The summed E-state index contributed by atoms with van der Waals surface area (Å²) in [5.74, 6) is 1.07. The first-order chi connectivity index (χ1) is 15.0. The number of anilines is 2. The topological polar surface area (TPSA) is 75.2 Å². The lowest BCUT2D eigenvalue weighted by molar-refractivity contribution is 0.312. The molecule has 1 aliphatic heterocycles. The second-order valence-corrected chi connectivity index (χ2v) is 10.1. The van der Waals surface area contributed by atoms with Crippen molar-refractivity contribution in [2.75, 3.05) is 24.2 Å². The first-order valence-electron chi connectivity index (χ1n) is 10.7. The van der Waals surface area contributed by atoms with E-state index in [0.717, 1.165) is 41.2 Å². The molecule has 7 heteroatoms. The van der Waals surface area contributed by atoms with Crippen molar-refractivity contribution in [2.45, 2.75) is 32.1 Å². The van der Waals surface area contributed by atoms with Crippen molar-refractivity contribution in [3.8, 4) is 0 Å². The summed E-state index contributed by atoms with van der Waals surface area (Å²) in [6, 6.07) is 17.7. The number of pyridine rings is 2. The predicted octanol–water partition coefficient (Wildman–Crippen LogP) is 4.28. The van der Waals surface area contributed by atoms with E-state index in [1.54, 1.807) is 16.7 Å². The average Bonchev–Trinajstić information content (AvgIpc) is 2.81. The largest absolute Gasteiger partial charge is 0.339 e. The molecule has 0 aliphatic carbocycles. The molecule has 0 spiro atoms. The molecule has 2 aromatic heterocycles. The van der Waals surface area contributed by atoms with Crippen LogP contribution in [0.2, 0.25) is 0 Å². The Kier molecular flexibility index (Phi) is 6.63. The lowest BCUT2D eigenvalue weighted by Gasteiger charge is -2.31. The third-order valence-corrected chi connectivity index (χ3v) is 7.58. The molecule has 1 saturated heterocycles. The van der Waals surface area contributed by atoms with E-state index in [1.807, 2.05) is 61.5 Å². The Bertz CT molecular complexity index is 1100. The number of sulfonamides is 1. The fourth-order valence-electron chi connectivity index (χ4n) is 3.93. The van der Waals surface area contributed by atoms with Crippen LogP contribution < -0.4 is 5.32 Å². The van der Waals surface area contributed by atoms with Gasteiger partial charge in [0, 0.05) is 30.9 Å². The SMILES string of the molecule is Cc1cccnc1Nc1ccc(C2CCCN(S(=O)(=O)CCc3ccccc3)C2)nc1. The highest BCUT2D eigenvalue weighted by Crippen LogP contribution is 2.28. The Hall–Kier alpha value is -2.77. The highest BCUT2D eigenvalue weighted by molar-refractivity contribution is 7.89. The van der Waals surface area contributed by atoms with Gasteiger partial charge in [-0.05, 0) is 55.5 Å². The Morgan fingerprint density at radius 2 is 1.90 bits per heavy atom. The van der Waals surface area contributed by atoms with Crippen molar-refractivity contribution in [1.29, 1.82) is 0 Å². The molecule has 0 saturated carbocycles.